The minimum absolute atomic E-state index is 0.0360. The summed E-state index contributed by atoms with van der Waals surface area (Å²) in [6.45, 7) is 4.60. The van der Waals surface area contributed by atoms with Crippen molar-refractivity contribution >= 4 is 6.29 Å². The second kappa shape index (κ2) is 8.86. The molecule has 126 valence electrons. The Balaban J connectivity index is 1.90. The predicted octanol–water partition coefficient (Wildman–Crippen LogP) is 2.62. The molecular weight excluding hydrogens is 304 g/mol. The van der Waals surface area contributed by atoms with E-state index in [0.717, 1.165) is 11.8 Å². The molecule has 2 rings (SSSR count). The number of para-hydroxylation sites is 1. The van der Waals surface area contributed by atoms with Crippen LogP contribution in [0.3, 0.4) is 0 Å². The van der Waals surface area contributed by atoms with E-state index in [4.69, 9.17) is 0 Å². The molecule has 0 saturated carbocycles. The number of nitrogens with one attached hydrogen (secondary N) is 2. The first-order chi connectivity index (χ1) is 11.6. The van der Waals surface area contributed by atoms with Crippen LogP contribution in [0.5, 0.6) is 5.75 Å². The lowest BCUT2D eigenvalue weighted by Crippen LogP contribution is -2.33. The van der Waals surface area contributed by atoms with Gasteiger partial charge >= 0.3 is 0 Å². The van der Waals surface area contributed by atoms with Crippen molar-refractivity contribution in [1.82, 2.24) is 10.6 Å². The zero-order chi connectivity index (χ0) is 17.4. The van der Waals surface area contributed by atoms with Gasteiger partial charge in [-0.15, -0.1) is 0 Å². The Labute approximate surface area is 141 Å². The van der Waals surface area contributed by atoms with Crippen LogP contribution in [-0.4, -0.2) is 29.6 Å². The number of aliphatic hydroxyl groups is 1. The zero-order valence-electron chi connectivity index (χ0n) is 13.4. The highest BCUT2D eigenvalue weighted by Crippen LogP contribution is 2.22. The van der Waals surface area contributed by atoms with E-state index in [1.165, 1.54) is 0 Å². The number of benzene rings is 2. The molecule has 0 aliphatic carbocycles. The summed E-state index contributed by atoms with van der Waals surface area (Å²) in [5.74, 6) is 0.120. The largest absolute Gasteiger partial charge is 0.511 e. The lowest BCUT2D eigenvalue weighted by atomic mass is 10.1. The Morgan fingerprint density at radius 1 is 1.04 bits per heavy atom. The smallest absolute Gasteiger partial charge is 0.141 e. The second-order valence-corrected chi connectivity index (χ2v) is 5.42. The first kappa shape index (κ1) is 17.7. The molecule has 0 aliphatic heterocycles. The van der Waals surface area contributed by atoms with Crippen LogP contribution in [0.1, 0.15) is 23.2 Å². The molecule has 2 unspecified atom stereocenters. The van der Waals surface area contributed by atoms with Gasteiger partial charge in [-0.05, 0) is 11.6 Å². The van der Waals surface area contributed by atoms with Crippen molar-refractivity contribution in [3.63, 3.8) is 0 Å². The van der Waals surface area contributed by atoms with E-state index in [-0.39, 0.29) is 17.6 Å². The van der Waals surface area contributed by atoms with Crippen molar-refractivity contribution in [2.75, 3.05) is 13.1 Å². The Kier molecular flexibility index (Phi) is 6.54. The zero-order valence-corrected chi connectivity index (χ0v) is 13.4. The van der Waals surface area contributed by atoms with Gasteiger partial charge in [0.1, 0.15) is 17.8 Å². The van der Waals surface area contributed by atoms with Gasteiger partial charge in [0.05, 0.1) is 12.1 Å². The Hall–Kier alpha value is -2.63. The highest BCUT2D eigenvalue weighted by molar-refractivity contribution is 5.63. The van der Waals surface area contributed by atoms with Gasteiger partial charge in [0.25, 0.3) is 0 Å². The van der Waals surface area contributed by atoms with E-state index in [1.54, 1.807) is 24.3 Å². The van der Waals surface area contributed by atoms with Gasteiger partial charge < -0.3 is 25.6 Å². The molecule has 0 aromatic heterocycles. The fourth-order valence-corrected chi connectivity index (χ4v) is 2.50. The molecular formula is C19H22N2O3. The third-order valence-electron chi connectivity index (χ3n) is 3.71. The van der Waals surface area contributed by atoms with Crippen LogP contribution in [0, 0.1) is 0 Å². The lowest BCUT2D eigenvalue weighted by Gasteiger charge is -2.19. The van der Waals surface area contributed by atoms with Crippen LogP contribution < -0.4 is 10.6 Å². The number of aldehydes is 1. The molecule has 2 atom stereocenters. The second-order valence-electron chi connectivity index (χ2n) is 5.42. The van der Waals surface area contributed by atoms with Gasteiger partial charge in [-0.1, -0.05) is 55.1 Å². The van der Waals surface area contributed by atoms with Crippen molar-refractivity contribution in [3.05, 3.63) is 78.1 Å². The Morgan fingerprint density at radius 2 is 1.67 bits per heavy atom. The number of phenolic OH excluding ortho intramolecular Hbond substituents is 1. The normalized spacial score (nSPS) is 13.2. The molecule has 0 bridgehead atoms. The van der Waals surface area contributed by atoms with Gasteiger partial charge in [-0.2, -0.15) is 0 Å². The van der Waals surface area contributed by atoms with Crippen molar-refractivity contribution in [2.24, 2.45) is 0 Å². The van der Waals surface area contributed by atoms with Crippen LogP contribution in [0.4, 0.5) is 0 Å². The topological polar surface area (TPSA) is 81.6 Å². The summed E-state index contributed by atoms with van der Waals surface area (Å²) in [7, 11) is 0. The molecule has 0 amide bonds. The molecule has 5 nitrogen and oxygen atoms in total. The first-order valence-electron chi connectivity index (χ1n) is 7.76. The quantitative estimate of drug-likeness (QED) is 0.323. The van der Waals surface area contributed by atoms with E-state index in [0.29, 0.717) is 18.7 Å². The third kappa shape index (κ3) is 4.68. The highest BCUT2D eigenvalue weighted by Gasteiger charge is 2.15. The molecule has 5 heteroatoms. The van der Waals surface area contributed by atoms with Crippen molar-refractivity contribution in [2.45, 2.75) is 12.1 Å². The van der Waals surface area contributed by atoms with Crippen molar-refractivity contribution < 1.29 is 15.0 Å². The summed E-state index contributed by atoms with van der Waals surface area (Å²) in [4.78, 5) is 11.3. The van der Waals surface area contributed by atoms with E-state index in [1.807, 2.05) is 30.3 Å². The number of phenols is 1. The Bertz CT molecular complexity index is 673. The van der Waals surface area contributed by atoms with Gasteiger partial charge in [-0.25, -0.2) is 0 Å². The Morgan fingerprint density at radius 3 is 2.29 bits per heavy atom. The number of hydrogen-bond donors (Lipinski definition) is 4. The van der Waals surface area contributed by atoms with E-state index < -0.39 is 6.04 Å². The van der Waals surface area contributed by atoms with Crippen LogP contribution in [0.15, 0.2) is 66.9 Å². The molecule has 0 fully saturated rings. The number of aromatic hydroxyl groups is 1. The maximum atomic E-state index is 11.3. The third-order valence-corrected chi connectivity index (χ3v) is 3.71. The molecule has 2 aromatic rings. The molecule has 0 aliphatic rings. The summed E-state index contributed by atoms with van der Waals surface area (Å²) in [5.41, 5.74) is 1.45. The SMILES string of the molecule is C=C(O)C(NCCNC(C=O)c1ccccc1O)c1ccccc1. The summed E-state index contributed by atoms with van der Waals surface area (Å²) in [5, 5.41) is 25.8. The number of carbonyl (C=O) groups is 1. The standard InChI is InChI=1S/C19H22N2O3/c1-14(23)19(15-7-3-2-4-8-15)21-12-11-20-17(13-22)16-9-5-6-10-18(16)24/h2-10,13,17,19-21,23-24H,1,11-12H2. The van der Waals surface area contributed by atoms with E-state index >= 15 is 0 Å². The molecule has 0 radical (unpaired) electrons. The number of rotatable bonds is 9. The maximum Gasteiger partial charge on any atom is 0.141 e. The first-order valence-corrected chi connectivity index (χ1v) is 7.76. The summed E-state index contributed by atoms with van der Waals surface area (Å²) in [6, 6.07) is 15.3. The predicted molar refractivity (Wildman–Crippen MR) is 93.9 cm³/mol. The van der Waals surface area contributed by atoms with E-state index in [2.05, 4.69) is 17.2 Å². The maximum absolute atomic E-state index is 11.3. The number of aliphatic hydroxyl groups excluding tert-OH is 1. The molecule has 24 heavy (non-hydrogen) atoms. The fourth-order valence-electron chi connectivity index (χ4n) is 2.50. The van der Waals surface area contributed by atoms with Crippen molar-refractivity contribution in [3.8, 4) is 5.75 Å². The molecule has 0 heterocycles. The average molecular weight is 326 g/mol. The summed E-state index contributed by atoms with van der Waals surface area (Å²) in [6.07, 6.45) is 0.759. The van der Waals surface area contributed by atoms with Gasteiger partial charge in [0.2, 0.25) is 0 Å². The average Bonchev–Trinajstić information content (AvgIpc) is 2.59. The highest BCUT2D eigenvalue weighted by atomic mass is 16.3. The van der Waals surface area contributed by atoms with E-state index in [9.17, 15) is 15.0 Å². The molecule has 0 saturated heterocycles. The van der Waals surface area contributed by atoms with Crippen LogP contribution in [0.25, 0.3) is 0 Å². The van der Waals surface area contributed by atoms with Gasteiger partial charge in [0.15, 0.2) is 0 Å². The fraction of sp³-hybridized carbons (Fsp3) is 0.211. The molecule has 2 aromatic carbocycles. The van der Waals surface area contributed by atoms with Crippen LogP contribution >= 0.6 is 0 Å². The monoisotopic (exact) mass is 326 g/mol. The minimum atomic E-state index is -0.583. The van der Waals surface area contributed by atoms with Crippen LogP contribution in [0.2, 0.25) is 0 Å². The number of hydrogen-bond acceptors (Lipinski definition) is 5. The summed E-state index contributed by atoms with van der Waals surface area (Å²) >= 11 is 0. The molecule has 4 N–H and O–H groups in total. The number of carbonyl (C=O) groups excluding carboxylic acids is 1. The summed E-state index contributed by atoms with van der Waals surface area (Å²) < 4.78 is 0. The molecule has 0 spiro atoms. The van der Waals surface area contributed by atoms with Crippen molar-refractivity contribution in [1.29, 1.82) is 0 Å². The minimum Gasteiger partial charge on any atom is -0.511 e. The lowest BCUT2D eigenvalue weighted by molar-refractivity contribution is -0.109. The van der Waals surface area contributed by atoms with Gasteiger partial charge in [-0.3, -0.25) is 0 Å². The van der Waals surface area contributed by atoms with Gasteiger partial charge in [0, 0.05) is 18.7 Å². The van der Waals surface area contributed by atoms with Crippen LogP contribution in [-0.2, 0) is 4.79 Å².